The molecule has 0 aliphatic carbocycles. The van der Waals surface area contributed by atoms with Crippen molar-refractivity contribution in [2.75, 3.05) is 13.7 Å². The molecular formula is C11H20O3. The van der Waals surface area contributed by atoms with E-state index in [-0.39, 0.29) is 12.2 Å². The van der Waals surface area contributed by atoms with Gasteiger partial charge in [0, 0.05) is 13.5 Å². The van der Waals surface area contributed by atoms with E-state index in [4.69, 9.17) is 14.2 Å². The Kier molecular flexibility index (Phi) is 4.11. The van der Waals surface area contributed by atoms with Gasteiger partial charge in [-0.3, -0.25) is 0 Å². The molecular weight excluding hydrogens is 180 g/mol. The van der Waals surface area contributed by atoms with Crippen LogP contribution in [0.3, 0.4) is 0 Å². The monoisotopic (exact) mass is 200 g/mol. The number of ether oxygens (including phenoxy) is 3. The van der Waals surface area contributed by atoms with Crippen LogP contribution in [-0.2, 0) is 14.2 Å². The van der Waals surface area contributed by atoms with E-state index >= 15 is 0 Å². The van der Waals surface area contributed by atoms with Crippen LogP contribution in [0.5, 0.6) is 0 Å². The Bertz CT molecular complexity index is 189. The Morgan fingerprint density at radius 1 is 1.64 bits per heavy atom. The van der Waals surface area contributed by atoms with Crippen molar-refractivity contribution in [3.8, 4) is 0 Å². The Labute approximate surface area is 86.0 Å². The summed E-state index contributed by atoms with van der Waals surface area (Å²) in [5.74, 6) is -0.433. The summed E-state index contributed by atoms with van der Waals surface area (Å²) in [4.78, 5) is 0. The van der Waals surface area contributed by atoms with Gasteiger partial charge >= 0.3 is 0 Å². The maximum Gasteiger partial charge on any atom is 0.163 e. The van der Waals surface area contributed by atoms with Crippen molar-refractivity contribution in [2.24, 2.45) is 0 Å². The third kappa shape index (κ3) is 3.40. The van der Waals surface area contributed by atoms with Crippen LogP contribution in [0.4, 0.5) is 0 Å². The zero-order valence-corrected chi connectivity index (χ0v) is 9.29. The summed E-state index contributed by atoms with van der Waals surface area (Å²) in [6.07, 6.45) is 3.93. The van der Waals surface area contributed by atoms with Crippen molar-refractivity contribution >= 4 is 0 Å². The third-order valence-corrected chi connectivity index (χ3v) is 2.36. The highest BCUT2D eigenvalue weighted by Crippen LogP contribution is 2.25. The Morgan fingerprint density at radius 2 is 2.36 bits per heavy atom. The lowest BCUT2D eigenvalue weighted by Gasteiger charge is -2.19. The van der Waals surface area contributed by atoms with Crippen LogP contribution in [-0.4, -0.2) is 31.7 Å². The summed E-state index contributed by atoms with van der Waals surface area (Å²) in [5.41, 5.74) is 0. The Morgan fingerprint density at radius 3 is 2.79 bits per heavy atom. The predicted octanol–water partition coefficient (Wildman–Crippen LogP) is 2.12. The van der Waals surface area contributed by atoms with Crippen LogP contribution in [0.15, 0.2) is 12.7 Å². The molecule has 0 aromatic heterocycles. The fraction of sp³-hybridized carbons (Fsp3) is 0.818. The summed E-state index contributed by atoms with van der Waals surface area (Å²) in [7, 11) is 1.72. The molecule has 14 heavy (non-hydrogen) atoms. The maximum atomic E-state index is 5.69. The molecule has 2 atom stereocenters. The SMILES string of the molecule is C=CC[C@@H](C[C@H]1COC(C)(C)O1)OC. The van der Waals surface area contributed by atoms with Gasteiger partial charge in [0.2, 0.25) is 0 Å². The maximum absolute atomic E-state index is 5.69. The highest BCUT2D eigenvalue weighted by molar-refractivity contribution is 4.79. The molecule has 1 aliphatic rings. The molecule has 0 aromatic carbocycles. The summed E-state index contributed by atoms with van der Waals surface area (Å²) >= 11 is 0. The van der Waals surface area contributed by atoms with E-state index in [1.807, 2.05) is 19.9 Å². The average Bonchev–Trinajstić information content (AvgIpc) is 2.45. The second-order valence-electron chi connectivity index (χ2n) is 4.07. The molecule has 82 valence electrons. The van der Waals surface area contributed by atoms with Gasteiger partial charge in [0.05, 0.1) is 18.8 Å². The standard InChI is InChI=1S/C11H20O3/c1-5-6-9(12-4)7-10-8-13-11(2,3)14-10/h5,9-10H,1,6-8H2,2-4H3/t9-,10-/m0/s1. The van der Waals surface area contributed by atoms with Crippen molar-refractivity contribution < 1.29 is 14.2 Å². The van der Waals surface area contributed by atoms with E-state index in [0.29, 0.717) is 6.61 Å². The fourth-order valence-electron chi connectivity index (χ4n) is 1.65. The van der Waals surface area contributed by atoms with Gasteiger partial charge in [-0.1, -0.05) is 6.08 Å². The van der Waals surface area contributed by atoms with Crippen molar-refractivity contribution in [1.82, 2.24) is 0 Å². The van der Waals surface area contributed by atoms with E-state index in [1.54, 1.807) is 7.11 Å². The molecule has 0 saturated carbocycles. The molecule has 0 unspecified atom stereocenters. The van der Waals surface area contributed by atoms with Gasteiger partial charge < -0.3 is 14.2 Å². The highest BCUT2D eigenvalue weighted by Gasteiger charge is 2.33. The third-order valence-electron chi connectivity index (χ3n) is 2.36. The minimum absolute atomic E-state index is 0.148. The smallest absolute Gasteiger partial charge is 0.163 e. The van der Waals surface area contributed by atoms with E-state index in [0.717, 1.165) is 12.8 Å². The minimum atomic E-state index is -0.433. The van der Waals surface area contributed by atoms with Gasteiger partial charge in [0.25, 0.3) is 0 Å². The molecule has 0 N–H and O–H groups in total. The Hall–Kier alpha value is -0.380. The molecule has 3 heteroatoms. The van der Waals surface area contributed by atoms with Crippen LogP contribution in [0, 0.1) is 0 Å². The van der Waals surface area contributed by atoms with E-state index < -0.39 is 5.79 Å². The van der Waals surface area contributed by atoms with Crippen molar-refractivity contribution in [1.29, 1.82) is 0 Å². The lowest BCUT2D eigenvalue weighted by Crippen LogP contribution is -2.24. The molecule has 0 bridgehead atoms. The minimum Gasteiger partial charge on any atom is -0.381 e. The quantitative estimate of drug-likeness (QED) is 0.636. The topological polar surface area (TPSA) is 27.7 Å². The van der Waals surface area contributed by atoms with Gasteiger partial charge in [-0.25, -0.2) is 0 Å². The molecule has 1 saturated heterocycles. The Balaban J connectivity index is 2.33. The molecule has 0 amide bonds. The van der Waals surface area contributed by atoms with Crippen molar-refractivity contribution in [2.45, 2.75) is 44.7 Å². The number of rotatable bonds is 5. The molecule has 1 aliphatic heterocycles. The van der Waals surface area contributed by atoms with Gasteiger partial charge in [-0.2, -0.15) is 0 Å². The summed E-state index contributed by atoms with van der Waals surface area (Å²) < 4.78 is 16.5. The molecule has 0 spiro atoms. The van der Waals surface area contributed by atoms with Gasteiger partial charge in [-0.15, -0.1) is 6.58 Å². The lowest BCUT2D eigenvalue weighted by atomic mass is 10.1. The zero-order chi connectivity index (χ0) is 10.6. The molecule has 0 radical (unpaired) electrons. The van der Waals surface area contributed by atoms with Crippen LogP contribution >= 0.6 is 0 Å². The largest absolute Gasteiger partial charge is 0.381 e. The predicted molar refractivity (Wildman–Crippen MR) is 55.1 cm³/mol. The fourth-order valence-corrected chi connectivity index (χ4v) is 1.65. The number of methoxy groups -OCH3 is 1. The average molecular weight is 200 g/mol. The first-order chi connectivity index (χ1) is 6.57. The highest BCUT2D eigenvalue weighted by atomic mass is 16.7. The lowest BCUT2D eigenvalue weighted by molar-refractivity contribution is -0.141. The molecule has 0 aromatic rings. The molecule has 1 heterocycles. The summed E-state index contributed by atoms with van der Waals surface area (Å²) in [6.45, 7) is 8.22. The van der Waals surface area contributed by atoms with Crippen LogP contribution in [0.25, 0.3) is 0 Å². The van der Waals surface area contributed by atoms with E-state index in [2.05, 4.69) is 6.58 Å². The number of hydrogen-bond acceptors (Lipinski definition) is 3. The van der Waals surface area contributed by atoms with Crippen LogP contribution in [0.1, 0.15) is 26.7 Å². The van der Waals surface area contributed by atoms with E-state index in [9.17, 15) is 0 Å². The van der Waals surface area contributed by atoms with Crippen LogP contribution < -0.4 is 0 Å². The molecule has 3 nitrogen and oxygen atoms in total. The van der Waals surface area contributed by atoms with Crippen molar-refractivity contribution in [3.05, 3.63) is 12.7 Å². The first-order valence-corrected chi connectivity index (χ1v) is 5.03. The van der Waals surface area contributed by atoms with E-state index in [1.165, 1.54) is 0 Å². The number of hydrogen-bond donors (Lipinski definition) is 0. The summed E-state index contributed by atoms with van der Waals surface area (Å²) in [5, 5.41) is 0. The molecule has 1 fully saturated rings. The van der Waals surface area contributed by atoms with Crippen LogP contribution in [0.2, 0.25) is 0 Å². The normalized spacial score (nSPS) is 27.5. The molecule has 1 rings (SSSR count). The second kappa shape index (κ2) is 4.91. The second-order valence-corrected chi connectivity index (χ2v) is 4.07. The summed E-state index contributed by atoms with van der Waals surface area (Å²) in [6, 6.07) is 0. The zero-order valence-electron chi connectivity index (χ0n) is 9.29. The first kappa shape index (κ1) is 11.7. The van der Waals surface area contributed by atoms with Gasteiger partial charge in [0.1, 0.15) is 0 Å². The van der Waals surface area contributed by atoms with Gasteiger partial charge in [-0.05, 0) is 20.3 Å². The van der Waals surface area contributed by atoms with Crippen molar-refractivity contribution in [3.63, 3.8) is 0 Å². The first-order valence-electron chi connectivity index (χ1n) is 5.03. The van der Waals surface area contributed by atoms with Gasteiger partial charge in [0.15, 0.2) is 5.79 Å².